The van der Waals surface area contributed by atoms with Gasteiger partial charge in [-0.1, -0.05) is 266 Å². The highest BCUT2D eigenvalue weighted by Crippen LogP contribution is 2.16. The van der Waals surface area contributed by atoms with Gasteiger partial charge in [0.25, 0.3) is 0 Å². The Kier molecular flexibility index (Phi) is 56.8. The molecule has 0 bridgehead atoms. The summed E-state index contributed by atoms with van der Waals surface area (Å²) in [4.78, 5) is 38.2. The van der Waals surface area contributed by atoms with Gasteiger partial charge < -0.3 is 14.2 Å². The average Bonchev–Trinajstić information content (AvgIpc) is 3.38. The van der Waals surface area contributed by atoms with Crippen molar-refractivity contribution in [2.75, 3.05) is 13.2 Å². The molecule has 6 nitrogen and oxygen atoms in total. The maximum Gasteiger partial charge on any atom is 0.306 e. The van der Waals surface area contributed by atoms with Gasteiger partial charge in [0.05, 0.1) is 0 Å². The molecule has 1 unspecified atom stereocenters. The van der Waals surface area contributed by atoms with Gasteiger partial charge in [-0.15, -0.1) is 0 Å². The summed E-state index contributed by atoms with van der Waals surface area (Å²) in [5.74, 6) is -0.893. The SMILES string of the molecule is CC/C=C\C/C=C\C/C=C\C/C=C\CCCCCCCCCCCCCCC(=O)OCC(COC(=O)CCCCCCCCCCCC)OC(=O)CCCCCCCC/C=C\C/C=C\C/C=C\C/C=C\CC. The largest absolute Gasteiger partial charge is 0.462 e. The Hall–Kier alpha value is -3.67. The second-order valence-corrected chi connectivity index (χ2v) is 19.9. The van der Waals surface area contributed by atoms with Gasteiger partial charge >= 0.3 is 17.9 Å². The summed E-state index contributed by atoms with van der Waals surface area (Å²) in [6, 6.07) is 0. The number of hydrogen-bond donors (Lipinski definition) is 0. The van der Waals surface area contributed by atoms with Gasteiger partial charge in [-0.05, 0) is 96.3 Å². The zero-order valence-corrected chi connectivity index (χ0v) is 47.2. The van der Waals surface area contributed by atoms with Crippen molar-refractivity contribution in [1.29, 1.82) is 0 Å². The minimum atomic E-state index is -0.785. The third kappa shape index (κ3) is 57.2. The first-order valence-corrected chi connectivity index (χ1v) is 30.2. The van der Waals surface area contributed by atoms with E-state index in [-0.39, 0.29) is 31.1 Å². The number of unbranched alkanes of at least 4 members (excludes halogenated alkanes) is 27. The van der Waals surface area contributed by atoms with E-state index in [1.165, 1.54) is 122 Å². The summed E-state index contributed by atoms with van der Waals surface area (Å²) in [7, 11) is 0. The van der Waals surface area contributed by atoms with Gasteiger partial charge in [0.2, 0.25) is 0 Å². The Morgan fingerprint density at radius 1 is 0.292 bits per heavy atom. The second kappa shape index (κ2) is 59.9. The smallest absolute Gasteiger partial charge is 0.306 e. The van der Waals surface area contributed by atoms with Crippen LogP contribution in [0.1, 0.15) is 284 Å². The van der Waals surface area contributed by atoms with E-state index in [2.05, 4.69) is 118 Å². The standard InChI is InChI=1S/C66H112O6/c1-4-7-10-13-16-19-22-24-26-28-30-31-32-33-34-35-37-38-40-42-44-47-50-53-56-59-65(68)71-62-63(61-70-64(67)58-55-52-49-46-21-18-15-12-9-6-3)72-66(69)60-57-54-51-48-45-43-41-39-36-29-27-25-23-20-17-14-11-8-5-2/h7-8,10-11,16-17,19-20,24-27,30-31,36,39,63H,4-6,9,12-15,18,21-23,28-29,32-35,37-38,40-62H2,1-3H3/b10-7-,11-8-,19-16-,20-17-,26-24-,27-25-,31-30-,39-36-. The molecule has 0 radical (unpaired) electrons. The van der Waals surface area contributed by atoms with E-state index in [4.69, 9.17) is 14.2 Å². The zero-order valence-electron chi connectivity index (χ0n) is 47.2. The monoisotopic (exact) mass is 1000 g/mol. The fourth-order valence-electron chi connectivity index (χ4n) is 8.37. The first kappa shape index (κ1) is 68.3. The van der Waals surface area contributed by atoms with Crippen LogP contribution in [0.2, 0.25) is 0 Å². The lowest BCUT2D eigenvalue weighted by Gasteiger charge is -2.18. The van der Waals surface area contributed by atoms with E-state index in [1.807, 2.05) is 0 Å². The van der Waals surface area contributed by atoms with E-state index in [1.54, 1.807) is 0 Å². The molecule has 1 atom stereocenters. The molecule has 0 fully saturated rings. The summed E-state index contributed by atoms with van der Waals surface area (Å²) in [6.07, 6.45) is 79.8. The Bertz CT molecular complexity index is 1430. The van der Waals surface area contributed by atoms with Crippen molar-refractivity contribution < 1.29 is 28.6 Å². The van der Waals surface area contributed by atoms with Crippen molar-refractivity contribution in [2.24, 2.45) is 0 Å². The third-order valence-electron chi connectivity index (χ3n) is 12.8. The molecule has 0 aliphatic heterocycles. The highest BCUT2D eigenvalue weighted by Gasteiger charge is 2.19. The molecule has 0 aromatic heterocycles. The first-order chi connectivity index (χ1) is 35.5. The van der Waals surface area contributed by atoms with Crippen molar-refractivity contribution in [3.63, 3.8) is 0 Å². The van der Waals surface area contributed by atoms with E-state index in [0.29, 0.717) is 19.3 Å². The maximum absolute atomic E-state index is 12.9. The fourth-order valence-corrected chi connectivity index (χ4v) is 8.37. The summed E-state index contributed by atoms with van der Waals surface area (Å²) in [5.41, 5.74) is 0. The van der Waals surface area contributed by atoms with Crippen LogP contribution in [0.3, 0.4) is 0 Å². The summed E-state index contributed by atoms with van der Waals surface area (Å²) in [6.45, 7) is 6.41. The molecule has 72 heavy (non-hydrogen) atoms. The topological polar surface area (TPSA) is 78.9 Å². The Morgan fingerprint density at radius 2 is 0.542 bits per heavy atom. The predicted molar refractivity (Wildman–Crippen MR) is 311 cm³/mol. The van der Waals surface area contributed by atoms with Crippen molar-refractivity contribution >= 4 is 17.9 Å². The van der Waals surface area contributed by atoms with Crippen LogP contribution in [0, 0.1) is 0 Å². The van der Waals surface area contributed by atoms with E-state index in [9.17, 15) is 14.4 Å². The number of allylic oxidation sites excluding steroid dienone is 16. The van der Waals surface area contributed by atoms with Gasteiger partial charge in [-0.2, -0.15) is 0 Å². The molecule has 0 aliphatic rings. The minimum Gasteiger partial charge on any atom is -0.462 e. The highest BCUT2D eigenvalue weighted by atomic mass is 16.6. The van der Waals surface area contributed by atoms with Crippen LogP contribution in [0.25, 0.3) is 0 Å². The van der Waals surface area contributed by atoms with Gasteiger partial charge in [0, 0.05) is 19.3 Å². The van der Waals surface area contributed by atoms with Crippen molar-refractivity contribution in [3.8, 4) is 0 Å². The maximum atomic E-state index is 12.9. The molecule has 0 aromatic carbocycles. The van der Waals surface area contributed by atoms with Crippen LogP contribution >= 0.6 is 0 Å². The number of carbonyl (C=O) groups is 3. The normalized spacial score (nSPS) is 12.8. The number of esters is 3. The van der Waals surface area contributed by atoms with Crippen LogP contribution in [0.15, 0.2) is 97.2 Å². The number of ether oxygens (including phenoxy) is 3. The molecule has 412 valence electrons. The van der Waals surface area contributed by atoms with Crippen LogP contribution < -0.4 is 0 Å². The Labute approximate surface area is 445 Å². The molecule has 0 rings (SSSR count). The second-order valence-electron chi connectivity index (χ2n) is 19.9. The molecular formula is C66H112O6. The predicted octanol–water partition coefficient (Wildman–Crippen LogP) is 20.5. The number of rotatable bonds is 54. The van der Waals surface area contributed by atoms with Crippen LogP contribution in [-0.4, -0.2) is 37.2 Å². The van der Waals surface area contributed by atoms with Crippen molar-refractivity contribution in [2.45, 2.75) is 290 Å². The zero-order chi connectivity index (χ0) is 52.2. The molecule has 0 heterocycles. The van der Waals surface area contributed by atoms with Crippen LogP contribution in [0.5, 0.6) is 0 Å². The Morgan fingerprint density at radius 3 is 0.847 bits per heavy atom. The molecular weight excluding hydrogens is 889 g/mol. The molecule has 0 amide bonds. The average molecular weight is 1000 g/mol. The molecule has 6 heteroatoms. The van der Waals surface area contributed by atoms with Crippen LogP contribution in [-0.2, 0) is 28.6 Å². The van der Waals surface area contributed by atoms with Crippen molar-refractivity contribution in [3.05, 3.63) is 97.2 Å². The molecule has 0 spiro atoms. The van der Waals surface area contributed by atoms with Gasteiger partial charge in [0.1, 0.15) is 13.2 Å². The fraction of sp³-hybridized carbons (Fsp3) is 0.712. The molecule has 0 N–H and O–H groups in total. The quantitative estimate of drug-likeness (QED) is 0.0261. The molecule has 0 saturated heterocycles. The highest BCUT2D eigenvalue weighted by molar-refractivity contribution is 5.71. The lowest BCUT2D eigenvalue weighted by molar-refractivity contribution is -0.167. The lowest BCUT2D eigenvalue weighted by Crippen LogP contribution is -2.30. The van der Waals surface area contributed by atoms with E-state index < -0.39 is 6.10 Å². The first-order valence-electron chi connectivity index (χ1n) is 30.2. The summed E-state index contributed by atoms with van der Waals surface area (Å²) in [5, 5.41) is 0. The number of carbonyl (C=O) groups excluding carboxylic acids is 3. The minimum absolute atomic E-state index is 0.0818. The molecule has 0 aliphatic carbocycles. The lowest BCUT2D eigenvalue weighted by atomic mass is 10.0. The Balaban J connectivity index is 4.28. The molecule has 0 saturated carbocycles. The third-order valence-corrected chi connectivity index (χ3v) is 12.8. The van der Waals surface area contributed by atoms with Gasteiger partial charge in [-0.3, -0.25) is 14.4 Å². The summed E-state index contributed by atoms with van der Waals surface area (Å²) >= 11 is 0. The van der Waals surface area contributed by atoms with Gasteiger partial charge in [0.15, 0.2) is 6.10 Å². The number of hydrogen-bond acceptors (Lipinski definition) is 6. The van der Waals surface area contributed by atoms with Gasteiger partial charge in [-0.25, -0.2) is 0 Å². The van der Waals surface area contributed by atoms with Crippen LogP contribution in [0.4, 0.5) is 0 Å². The van der Waals surface area contributed by atoms with Crippen molar-refractivity contribution in [1.82, 2.24) is 0 Å². The summed E-state index contributed by atoms with van der Waals surface area (Å²) < 4.78 is 16.9. The van der Waals surface area contributed by atoms with E-state index >= 15 is 0 Å². The molecule has 0 aromatic rings. The van der Waals surface area contributed by atoms with E-state index in [0.717, 1.165) is 122 Å².